The van der Waals surface area contributed by atoms with Crippen molar-refractivity contribution in [2.45, 2.75) is 6.92 Å². The van der Waals surface area contributed by atoms with E-state index in [1.165, 1.54) is 6.20 Å². The van der Waals surface area contributed by atoms with Crippen LogP contribution in [-0.4, -0.2) is 16.1 Å². The van der Waals surface area contributed by atoms with Crippen LogP contribution in [0.2, 0.25) is 0 Å². The summed E-state index contributed by atoms with van der Waals surface area (Å²) in [4.78, 5) is 15.5. The predicted octanol–water partition coefficient (Wildman–Crippen LogP) is 4.03. The van der Waals surface area contributed by atoms with E-state index in [1.807, 2.05) is 49.4 Å². The SMILES string of the molecule is Cc1ccc(Oc2c(C(=O)O)cnc3ccccc23)cc1. The van der Waals surface area contributed by atoms with Crippen LogP contribution in [-0.2, 0) is 0 Å². The molecule has 3 rings (SSSR count). The van der Waals surface area contributed by atoms with Crippen LogP contribution in [0.5, 0.6) is 11.5 Å². The smallest absolute Gasteiger partial charge is 0.341 e. The van der Waals surface area contributed by atoms with E-state index in [9.17, 15) is 9.90 Å². The van der Waals surface area contributed by atoms with Gasteiger partial charge in [0.05, 0.1) is 5.52 Å². The van der Waals surface area contributed by atoms with Crippen molar-refractivity contribution in [1.82, 2.24) is 4.98 Å². The molecule has 4 nitrogen and oxygen atoms in total. The average molecular weight is 279 g/mol. The van der Waals surface area contributed by atoms with Gasteiger partial charge in [0.1, 0.15) is 11.3 Å². The van der Waals surface area contributed by atoms with Crippen molar-refractivity contribution in [2.75, 3.05) is 0 Å². The minimum Gasteiger partial charge on any atom is -0.477 e. The van der Waals surface area contributed by atoms with E-state index in [0.717, 1.165) is 5.56 Å². The van der Waals surface area contributed by atoms with Crippen LogP contribution in [0.25, 0.3) is 10.9 Å². The second kappa shape index (κ2) is 5.25. The van der Waals surface area contributed by atoms with E-state index in [-0.39, 0.29) is 5.56 Å². The van der Waals surface area contributed by atoms with E-state index >= 15 is 0 Å². The van der Waals surface area contributed by atoms with Gasteiger partial charge in [-0.25, -0.2) is 4.79 Å². The third kappa shape index (κ3) is 2.56. The highest BCUT2D eigenvalue weighted by Gasteiger charge is 2.16. The summed E-state index contributed by atoms with van der Waals surface area (Å²) >= 11 is 0. The first-order valence-electron chi connectivity index (χ1n) is 6.51. The Hall–Kier alpha value is -2.88. The van der Waals surface area contributed by atoms with Gasteiger partial charge in [-0.2, -0.15) is 0 Å². The quantitative estimate of drug-likeness (QED) is 0.786. The van der Waals surface area contributed by atoms with Crippen molar-refractivity contribution < 1.29 is 14.6 Å². The second-order valence-corrected chi connectivity index (χ2v) is 4.74. The number of ether oxygens (including phenoxy) is 1. The van der Waals surface area contributed by atoms with Crippen LogP contribution in [0.1, 0.15) is 15.9 Å². The van der Waals surface area contributed by atoms with Gasteiger partial charge in [0.2, 0.25) is 0 Å². The fourth-order valence-corrected chi connectivity index (χ4v) is 2.10. The number of carboxylic acids is 1. The van der Waals surface area contributed by atoms with Crippen LogP contribution < -0.4 is 4.74 Å². The third-order valence-corrected chi connectivity index (χ3v) is 3.20. The molecule has 3 aromatic rings. The molecule has 104 valence electrons. The summed E-state index contributed by atoms with van der Waals surface area (Å²) < 4.78 is 5.82. The number of pyridine rings is 1. The van der Waals surface area contributed by atoms with E-state index in [4.69, 9.17) is 4.74 Å². The molecule has 1 heterocycles. The van der Waals surface area contributed by atoms with E-state index in [1.54, 1.807) is 6.07 Å². The molecule has 0 radical (unpaired) electrons. The molecular weight excluding hydrogens is 266 g/mol. The summed E-state index contributed by atoms with van der Waals surface area (Å²) in [5, 5.41) is 10.0. The van der Waals surface area contributed by atoms with Gasteiger partial charge in [0.15, 0.2) is 5.75 Å². The number of carboxylic acid groups (broad SMARTS) is 1. The fraction of sp³-hybridized carbons (Fsp3) is 0.0588. The summed E-state index contributed by atoms with van der Waals surface area (Å²) in [7, 11) is 0. The maximum absolute atomic E-state index is 11.4. The number of fused-ring (bicyclic) bond motifs is 1. The normalized spacial score (nSPS) is 10.5. The number of hydrogen-bond acceptors (Lipinski definition) is 3. The monoisotopic (exact) mass is 279 g/mol. The molecule has 0 saturated carbocycles. The molecule has 2 aromatic carbocycles. The number of hydrogen-bond donors (Lipinski definition) is 1. The molecule has 0 saturated heterocycles. The van der Waals surface area contributed by atoms with E-state index in [0.29, 0.717) is 22.4 Å². The van der Waals surface area contributed by atoms with Crippen LogP contribution in [0.15, 0.2) is 54.7 Å². The van der Waals surface area contributed by atoms with Crippen molar-refractivity contribution >= 4 is 16.9 Å². The van der Waals surface area contributed by atoms with Crippen molar-refractivity contribution in [3.63, 3.8) is 0 Å². The Labute approximate surface area is 121 Å². The van der Waals surface area contributed by atoms with Crippen LogP contribution in [0, 0.1) is 6.92 Å². The second-order valence-electron chi connectivity index (χ2n) is 4.74. The molecule has 0 aliphatic carbocycles. The minimum absolute atomic E-state index is 0.0503. The number of nitrogens with zero attached hydrogens (tertiary/aromatic N) is 1. The van der Waals surface area contributed by atoms with Gasteiger partial charge in [-0.1, -0.05) is 29.8 Å². The van der Waals surface area contributed by atoms with Gasteiger partial charge in [-0.15, -0.1) is 0 Å². The first-order valence-corrected chi connectivity index (χ1v) is 6.51. The number of carbonyl (C=O) groups is 1. The Balaban J connectivity index is 2.16. The van der Waals surface area contributed by atoms with Crippen LogP contribution in [0.3, 0.4) is 0 Å². The van der Waals surface area contributed by atoms with Gasteiger partial charge in [-0.05, 0) is 31.2 Å². The zero-order chi connectivity index (χ0) is 14.8. The number of aromatic carboxylic acids is 1. The molecule has 1 aromatic heterocycles. The van der Waals surface area contributed by atoms with Gasteiger partial charge >= 0.3 is 5.97 Å². The molecule has 0 spiro atoms. The fourth-order valence-electron chi connectivity index (χ4n) is 2.10. The molecule has 4 heteroatoms. The first-order chi connectivity index (χ1) is 10.1. The van der Waals surface area contributed by atoms with Crippen molar-refractivity contribution in [3.05, 3.63) is 65.9 Å². The van der Waals surface area contributed by atoms with E-state index in [2.05, 4.69) is 4.98 Å². The Bertz CT molecular complexity index is 810. The lowest BCUT2D eigenvalue weighted by atomic mass is 10.1. The number of rotatable bonds is 3. The Morgan fingerprint density at radius 2 is 1.81 bits per heavy atom. The summed E-state index contributed by atoms with van der Waals surface area (Å²) in [6.07, 6.45) is 1.33. The highest BCUT2D eigenvalue weighted by Crippen LogP contribution is 2.32. The molecular formula is C17H13NO3. The maximum atomic E-state index is 11.4. The highest BCUT2D eigenvalue weighted by molar-refractivity contribution is 5.98. The molecule has 0 amide bonds. The average Bonchev–Trinajstić information content (AvgIpc) is 2.49. The van der Waals surface area contributed by atoms with Gasteiger partial charge in [0.25, 0.3) is 0 Å². The molecule has 0 bridgehead atoms. The molecule has 21 heavy (non-hydrogen) atoms. The number of benzene rings is 2. The predicted molar refractivity (Wildman–Crippen MR) is 80.0 cm³/mol. The standard InChI is InChI=1S/C17H13NO3/c1-11-6-8-12(9-7-11)21-16-13-4-2-3-5-15(13)18-10-14(16)17(19)20/h2-10H,1H3,(H,19,20). The zero-order valence-electron chi connectivity index (χ0n) is 11.4. The van der Waals surface area contributed by atoms with E-state index < -0.39 is 5.97 Å². The van der Waals surface area contributed by atoms with Crippen LogP contribution >= 0.6 is 0 Å². The van der Waals surface area contributed by atoms with Crippen molar-refractivity contribution in [2.24, 2.45) is 0 Å². The molecule has 1 N–H and O–H groups in total. The Kier molecular flexibility index (Phi) is 3.28. The number of aromatic nitrogens is 1. The Morgan fingerprint density at radius 1 is 1.10 bits per heavy atom. The lowest BCUT2D eigenvalue weighted by Gasteiger charge is -2.11. The maximum Gasteiger partial charge on any atom is 0.341 e. The van der Waals surface area contributed by atoms with Crippen molar-refractivity contribution in [1.29, 1.82) is 0 Å². The van der Waals surface area contributed by atoms with Gasteiger partial charge in [0, 0.05) is 11.6 Å². The molecule has 0 aliphatic rings. The largest absolute Gasteiger partial charge is 0.477 e. The first kappa shape index (κ1) is 13.1. The summed E-state index contributed by atoms with van der Waals surface area (Å²) in [6, 6.07) is 14.8. The summed E-state index contributed by atoms with van der Waals surface area (Å²) in [5.74, 6) is -0.147. The molecule has 0 fully saturated rings. The highest BCUT2D eigenvalue weighted by atomic mass is 16.5. The molecule has 0 aliphatic heterocycles. The topological polar surface area (TPSA) is 59.4 Å². The number of para-hydroxylation sites is 1. The van der Waals surface area contributed by atoms with Gasteiger partial charge < -0.3 is 9.84 Å². The Morgan fingerprint density at radius 3 is 2.52 bits per heavy atom. The zero-order valence-corrected chi connectivity index (χ0v) is 11.4. The summed E-state index contributed by atoms with van der Waals surface area (Å²) in [5.41, 5.74) is 1.86. The molecule has 0 atom stereocenters. The lowest BCUT2D eigenvalue weighted by Crippen LogP contribution is -2.02. The summed E-state index contributed by atoms with van der Waals surface area (Å²) in [6.45, 7) is 1.98. The molecule has 0 unspecified atom stereocenters. The van der Waals surface area contributed by atoms with Gasteiger partial charge in [-0.3, -0.25) is 4.98 Å². The number of aryl methyl sites for hydroxylation is 1. The lowest BCUT2D eigenvalue weighted by molar-refractivity contribution is 0.0694. The van der Waals surface area contributed by atoms with Crippen LogP contribution in [0.4, 0.5) is 0 Å². The third-order valence-electron chi connectivity index (χ3n) is 3.20. The van der Waals surface area contributed by atoms with Crippen molar-refractivity contribution in [3.8, 4) is 11.5 Å². The minimum atomic E-state index is -1.06.